The van der Waals surface area contributed by atoms with Gasteiger partial charge in [0.05, 0.1) is 13.0 Å². The van der Waals surface area contributed by atoms with E-state index in [1.54, 1.807) is 6.92 Å². The third kappa shape index (κ3) is 5.20. The lowest BCUT2D eigenvalue weighted by Gasteiger charge is -2.22. The Balaban J connectivity index is 3.24. The van der Waals surface area contributed by atoms with Crippen molar-refractivity contribution in [3.8, 4) is 0 Å². The zero-order valence-corrected chi connectivity index (χ0v) is 14.0. The summed E-state index contributed by atoms with van der Waals surface area (Å²) in [6, 6.07) is 0. The first-order valence-corrected chi connectivity index (χ1v) is 7.77. The molecule has 0 spiro atoms. The summed E-state index contributed by atoms with van der Waals surface area (Å²) in [5, 5.41) is 9.86. The van der Waals surface area contributed by atoms with Crippen LogP contribution in [0.1, 0.15) is 12.5 Å². The lowest BCUT2D eigenvalue weighted by molar-refractivity contribution is -0.170. The van der Waals surface area contributed by atoms with Crippen LogP contribution in [0.4, 0.5) is 18.2 Å². The van der Waals surface area contributed by atoms with Crippen molar-refractivity contribution in [2.45, 2.75) is 19.5 Å². The summed E-state index contributed by atoms with van der Waals surface area (Å²) in [6.07, 6.45) is -5.64. The maximum absolute atomic E-state index is 12.7. The maximum Gasteiger partial charge on any atom is 0.471 e. The van der Waals surface area contributed by atoms with Crippen molar-refractivity contribution in [2.75, 3.05) is 18.1 Å². The van der Waals surface area contributed by atoms with Gasteiger partial charge in [0.25, 0.3) is 0 Å². The molecule has 0 atom stereocenters. The summed E-state index contributed by atoms with van der Waals surface area (Å²) in [5.74, 6) is -4.64. The van der Waals surface area contributed by atoms with Gasteiger partial charge in [-0.15, -0.1) is 11.3 Å². The van der Waals surface area contributed by atoms with Gasteiger partial charge in [-0.1, -0.05) is 0 Å². The molecule has 1 rings (SSSR count). The van der Waals surface area contributed by atoms with Crippen LogP contribution in [0.25, 0.3) is 0 Å². The van der Waals surface area contributed by atoms with E-state index in [2.05, 4.69) is 15.9 Å². The normalized spacial score (nSPS) is 11.2. The molecule has 1 amide bonds. The van der Waals surface area contributed by atoms with Crippen LogP contribution < -0.4 is 4.90 Å². The highest BCUT2D eigenvalue weighted by Gasteiger charge is 2.44. The third-order valence-corrected chi connectivity index (χ3v) is 4.53. The number of thiophene rings is 1. The minimum Gasteiger partial charge on any atom is -0.480 e. The van der Waals surface area contributed by atoms with Gasteiger partial charge in [0.1, 0.15) is 11.5 Å². The molecule has 0 saturated heterocycles. The molecular weight excluding hydrogens is 407 g/mol. The Labute approximate surface area is 141 Å². The molecule has 1 aromatic rings. The standard InChI is InChI=1S/C12H11BrF3NO5S/c1-2-22-9(20)3-6-7(13)5-23-10(6)17(4-8(18)19)11(21)12(14,15)16/h5H,2-4H2,1H3,(H,18,19). The SMILES string of the molecule is CCOC(=O)Cc1c(Br)csc1N(CC(=O)O)C(=O)C(F)(F)F. The summed E-state index contributed by atoms with van der Waals surface area (Å²) in [5.41, 5.74) is 0.0623. The Kier molecular flexibility index (Phi) is 6.57. The lowest BCUT2D eigenvalue weighted by atomic mass is 10.2. The number of nitrogens with zero attached hydrogens (tertiary/aromatic N) is 1. The monoisotopic (exact) mass is 417 g/mol. The van der Waals surface area contributed by atoms with Gasteiger partial charge in [-0.2, -0.15) is 13.2 Å². The Morgan fingerprint density at radius 1 is 1.39 bits per heavy atom. The number of ether oxygens (including phenoxy) is 1. The fraction of sp³-hybridized carbons (Fsp3) is 0.417. The summed E-state index contributed by atoms with van der Waals surface area (Å²) < 4.78 is 43.0. The molecule has 0 aliphatic rings. The number of carbonyl (C=O) groups is 3. The van der Waals surface area contributed by atoms with Gasteiger partial charge in [0, 0.05) is 15.4 Å². The van der Waals surface area contributed by atoms with E-state index in [1.807, 2.05) is 0 Å². The molecule has 1 heterocycles. The second kappa shape index (κ2) is 7.77. The molecule has 6 nitrogen and oxygen atoms in total. The number of hydrogen-bond donors (Lipinski definition) is 1. The van der Waals surface area contributed by atoms with E-state index in [1.165, 1.54) is 5.38 Å². The number of halogens is 4. The fourth-order valence-electron chi connectivity index (χ4n) is 1.62. The second-order valence-electron chi connectivity index (χ2n) is 4.13. The van der Waals surface area contributed by atoms with E-state index in [4.69, 9.17) is 9.84 Å². The van der Waals surface area contributed by atoms with Crippen molar-refractivity contribution in [1.82, 2.24) is 0 Å². The highest BCUT2D eigenvalue weighted by molar-refractivity contribution is 9.10. The van der Waals surface area contributed by atoms with Crippen molar-refractivity contribution in [2.24, 2.45) is 0 Å². The highest BCUT2D eigenvalue weighted by atomic mass is 79.9. The Morgan fingerprint density at radius 2 is 2.00 bits per heavy atom. The number of alkyl halides is 3. The molecule has 0 aliphatic heterocycles. The van der Waals surface area contributed by atoms with Gasteiger partial charge in [0.15, 0.2) is 0 Å². The molecule has 0 unspecified atom stereocenters. The van der Waals surface area contributed by atoms with E-state index in [-0.39, 0.29) is 26.5 Å². The van der Waals surface area contributed by atoms with Crippen LogP contribution >= 0.6 is 27.3 Å². The van der Waals surface area contributed by atoms with Crippen molar-refractivity contribution in [1.29, 1.82) is 0 Å². The summed E-state index contributed by atoms with van der Waals surface area (Å²) in [6.45, 7) is 0.461. The van der Waals surface area contributed by atoms with Crippen molar-refractivity contribution < 1.29 is 37.4 Å². The van der Waals surface area contributed by atoms with Crippen molar-refractivity contribution in [3.63, 3.8) is 0 Å². The van der Waals surface area contributed by atoms with Crippen LogP contribution in [-0.2, 0) is 25.5 Å². The number of amides is 1. The molecule has 0 aromatic carbocycles. The number of anilines is 1. The van der Waals surface area contributed by atoms with Crippen LogP contribution in [0.3, 0.4) is 0 Å². The number of esters is 1. The smallest absolute Gasteiger partial charge is 0.471 e. The topological polar surface area (TPSA) is 83.9 Å². The number of hydrogen-bond acceptors (Lipinski definition) is 5. The second-order valence-corrected chi connectivity index (χ2v) is 5.84. The van der Waals surface area contributed by atoms with Gasteiger partial charge in [-0.05, 0) is 22.9 Å². The van der Waals surface area contributed by atoms with Crippen LogP contribution in [0, 0.1) is 0 Å². The average molecular weight is 418 g/mol. The van der Waals surface area contributed by atoms with Crippen LogP contribution in [0.15, 0.2) is 9.85 Å². The van der Waals surface area contributed by atoms with Crippen LogP contribution in [-0.4, -0.2) is 42.3 Å². The summed E-state index contributed by atoms with van der Waals surface area (Å²) in [4.78, 5) is 33.9. The van der Waals surface area contributed by atoms with Crippen LogP contribution in [0.5, 0.6) is 0 Å². The zero-order valence-electron chi connectivity index (χ0n) is 11.6. The number of rotatable bonds is 6. The molecule has 0 saturated carbocycles. The summed E-state index contributed by atoms with van der Waals surface area (Å²) >= 11 is 3.78. The number of carboxylic acid groups (broad SMARTS) is 1. The highest BCUT2D eigenvalue weighted by Crippen LogP contribution is 2.37. The first-order chi connectivity index (χ1) is 10.6. The first kappa shape index (κ1) is 19.4. The largest absolute Gasteiger partial charge is 0.480 e. The van der Waals surface area contributed by atoms with E-state index < -0.39 is 37.0 Å². The Bertz CT molecular complexity index is 616. The van der Waals surface area contributed by atoms with E-state index >= 15 is 0 Å². The molecule has 0 bridgehead atoms. The molecular formula is C12H11BrF3NO5S. The predicted molar refractivity (Wildman–Crippen MR) is 78.4 cm³/mol. The Morgan fingerprint density at radius 3 is 2.48 bits per heavy atom. The van der Waals surface area contributed by atoms with Gasteiger partial charge in [0.2, 0.25) is 0 Å². The van der Waals surface area contributed by atoms with Crippen LogP contribution in [0.2, 0.25) is 0 Å². The molecule has 11 heteroatoms. The predicted octanol–water partition coefficient (Wildman–Crippen LogP) is 2.60. The van der Waals surface area contributed by atoms with Crippen molar-refractivity contribution in [3.05, 3.63) is 15.4 Å². The van der Waals surface area contributed by atoms with Gasteiger partial charge in [-0.25, -0.2) is 0 Å². The first-order valence-electron chi connectivity index (χ1n) is 6.09. The van der Waals surface area contributed by atoms with Gasteiger partial charge < -0.3 is 9.84 Å². The fourth-order valence-corrected chi connectivity index (χ4v) is 3.32. The molecule has 1 N–H and O–H groups in total. The van der Waals surface area contributed by atoms with Gasteiger partial charge in [-0.3, -0.25) is 19.3 Å². The Hall–Kier alpha value is -1.62. The van der Waals surface area contributed by atoms with Gasteiger partial charge >= 0.3 is 24.0 Å². The number of aliphatic carboxylic acids is 1. The average Bonchev–Trinajstić information content (AvgIpc) is 2.76. The number of carboxylic acids is 1. The quantitative estimate of drug-likeness (QED) is 0.719. The minimum absolute atomic E-state index is 0.0623. The van der Waals surface area contributed by atoms with Crippen molar-refractivity contribution >= 4 is 50.1 Å². The molecule has 128 valence electrons. The molecule has 0 radical (unpaired) electrons. The van der Waals surface area contributed by atoms with E-state index in [0.29, 0.717) is 0 Å². The number of carbonyl (C=O) groups excluding carboxylic acids is 2. The van der Waals surface area contributed by atoms with E-state index in [9.17, 15) is 27.6 Å². The molecule has 0 aliphatic carbocycles. The molecule has 0 fully saturated rings. The molecule has 23 heavy (non-hydrogen) atoms. The zero-order chi connectivity index (χ0) is 17.8. The molecule has 1 aromatic heterocycles. The summed E-state index contributed by atoms with van der Waals surface area (Å²) in [7, 11) is 0. The van der Waals surface area contributed by atoms with E-state index in [0.717, 1.165) is 11.3 Å². The lowest BCUT2D eigenvalue weighted by Crippen LogP contribution is -2.44. The third-order valence-electron chi connectivity index (χ3n) is 2.47. The minimum atomic E-state index is -5.24. The maximum atomic E-state index is 12.7.